The first kappa shape index (κ1) is 25.9. The Morgan fingerprint density at radius 2 is 1.92 bits per heavy atom. The number of rotatable bonds is 3. The summed E-state index contributed by atoms with van der Waals surface area (Å²) in [7, 11) is 0. The van der Waals surface area contributed by atoms with Crippen molar-refractivity contribution >= 4 is 16.6 Å². The zero-order valence-electron chi connectivity index (χ0n) is 23.7. The smallest absolute Gasteiger partial charge is 0.128 e. The molecule has 4 aliphatic rings. The van der Waals surface area contributed by atoms with Crippen LogP contribution in [0, 0.1) is 18.2 Å². The molecule has 0 unspecified atom stereocenters. The summed E-state index contributed by atoms with van der Waals surface area (Å²) in [6, 6.07) is 2.26. The van der Waals surface area contributed by atoms with Crippen molar-refractivity contribution < 1.29 is 4.39 Å². The lowest BCUT2D eigenvalue weighted by molar-refractivity contribution is 0.411. The Labute approximate surface area is 222 Å². The molecule has 0 amide bonds. The monoisotopic (exact) mass is 499 g/mol. The van der Waals surface area contributed by atoms with E-state index in [1.165, 1.54) is 33.2 Å². The fourth-order valence-electron chi connectivity index (χ4n) is 6.97. The second-order valence-electron chi connectivity index (χ2n) is 11.4. The average molecular weight is 500 g/mol. The van der Waals surface area contributed by atoms with Crippen LogP contribution >= 0.6 is 0 Å². The van der Waals surface area contributed by atoms with E-state index in [0.29, 0.717) is 6.04 Å². The molecule has 3 heterocycles. The summed E-state index contributed by atoms with van der Waals surface area (Å²) >= 11 is 0. The number of pyridine rings is 1. The van der Waals surface area contributed by atoms with E-state index in [-0.39, 0.29) is 17.3 Å². The molecule has 2 aliphatic carbocycles. The van der Waals surface area contributed by atoms with Crippen LogP contribution < -0.4 is 5.32 Å². The molecule has 0 saturated carbocycles. The van der Waals surface area contributed by atoms with E-state index in [1.807, 2.05) is 20.8 Å². The maximum absolute atomic E-state index is 15.0. The summed E-state index contributed by atoms with van der Waals surface area (Å²) in [5, 5.41) is 4.98. The van der Waals surface area contributed by atoms with Crippen molar-refractivity contribution in [3.8, 4) is 0 Å². The zero-order chi connectivity index (χ0) is 26.8. The molecule has 6 rings (SSSR count). The number of benzene rings is 1. The second-order valence-corrected chi connectivity index (χ2v) is 11.4. The normalized spacial score (nSPS) is 24.1. The highest BCUT2D eigenvalue weighted by atomic mass is 19.1. The van der Waals surface area contributed by atoms with Crippen molar-refractivity contribution in [2.24, 2.45) is 5.41 Å². The van der Waals surface area contributed by atoms with E-state index in [1.54, 1.807) is 6.07 Å². The van der Waals surface area contributed by atoms with Gasteiger partial charge in [-0.1, -0.05) is 60.3 Å². The molecule has 0 bridgehead atoms. The fourth-order valence-corrected chi connectivity index (χ4v) is 6.97. The highest BCUT2D eigenvalue weighted by Gasteiger charge is 2.43. The Morgan fingerprint density at radius 1 is 1.19 bits per heavy atom. The van der Waals surface area contributed by atoms with Gasteiger partial charge >= 0.3 is 0 Å². The van der Waals surface area contributed by atoms with Crippen LogP contribution in [0.1, 0.15) is 101 Å². The van der Waals surface area contributed by atoms with E-state index < -0.39 is 0 Å². The summed E-state index contributed by atoms with van der Waals surface area (Å²) in [6.07, 6.45) is 7.23. The Morgan fingerprint density at radius 3 is 2.59 bits per heavy atom. The Kier molecular flexibility index (Phi) is 6.47. The molecule has 37 heavy (non-hydrogen) atoms. The first-order valence-electron chi connectivity index (χ1n) is 14.2. The molecule has 2 aliphatic heterocycles. The topological polar surface area (TPSA) is 28.2 Å². The minimum Gasteiger partial charge on any atom is -0.335 e. The molecular formula is C33H42FN3. The SMILES string of the molecule is C=C1C2=C(C=C3c4nc5cc(F)c(C)c6c5c(c4CN13)[C@@H](NC(C)C)CC6)[C@@](C)(CC)C(=C)CC2.CC. The van der Waals surface area contributed by atoms with E-state index >= 15 is 4.39 Å². The molecule has 0 radical (unpaired) electrons. The van der Waals surface area contributed by atoms with Crippen molar-refractivity contribution in [2.75, 3.05) is 0 Å². The summed E-state index contributed by atoms with van der Waals surface area (Å²) in [4.78, 5) is 7.52. The van der Waals surface area contributed by atoms with Crippen molar-refractivity contribution in [3.05, 3.63) is 81.5 Å². The van der Waals surface area contributed by atoms with Crippen molar-refractivity contribution in [1.29, 1.82) is 0 Å². The molecule has 2 aromatic rings. The first-order valence-corrected chi connectivity index (χ1v) is 14.2. The third kappa shape index (κ3) is 3.66. The predicted molar refractivity (Wildman–Crippen MR) is 154 cm³/mol. The van der Waals surface area contributed by atoms with Gasteiger partial charge in [0.05, 0.1) is 23.5 Å². The first-order chi connectivity index (χ1) is 17.7. The van der Waals surface area contributed by atoms with Crippen LogP contribution in [0.15, 0.2) is 47.7 Å². The van der Waals surface area contributed by atoms with Gasteiger partial charge in [-0.05, 0) is 72.9 Å². The van der Waals surface area contributed by atoms with Gasteiger partial charge in [0.15, 0.2) is 0 Å². The summed E-state index contributed by atoms with van der Waals surface area (Å²) in [5.41, 5.74) is 12.5. The van der Waals surface area contributed by atoms with Crippen LogP contribution in [0.3, 0.4) is 0 Å². The highest BCUT2D eigenvalue weighted by molar-refractivity contribution is 5.93. The van der Waals surface area contributed by atoms with Crippen LogP contribution in [-0.2, 0) is 13.0 Å². The Balaban J connectivity index is 0.00000137. The molecule has 0 saturated heterocycles. The molecule has 3 nitrogen and oxygen atoms in total. The maximum atomic E-state index is 15.0. The van der Waals surface area contributed by atoms with E-state index in [0.717, 1.165) is 72.4 Å². The van der Waals surface area contributed by atoms with Crippen molar-refractivity contribution in [3.63, 3.8) is 0 Å². The molecule has 1 aromatic carbocycles. The van der Waals surface area contributed by atoms with Gasteiger partial charge in [0, 0.05) is 40.2 Å². The fraction of sp³-hybridized carbons (Fsp3) is 0.485. The Hall–Kier alpha value is -2.72. The van der Waals surface area contributed by atoms with Crippen LogP contribution in [0.4, 0.5) is 4.39 Å². The average Bonchev–Trinajstić information content (AvgIpc) is 3.25. The maximum Gasteiger partial charge on any atom is 0.128 e. The van der Waals surface area contributed by atoms with E-state index in [4.69, 9.17) is 4.98 Å². The molecule has 2 atom stereocenters. The Bertz CT molecular complexity index is 1390. The largest absolute Gasteiger partial charge is 0.335 e. The quantitative estimate of drug-likeness (QED) is 0.430. The van der Waals surface area contributed by atoms with Gasteiger partial charge < -0.3 is 10.2 Å². The molecule has 4 heteroatoms. The highest BCUT2D eigenvalue weighted by Crippen LogP contribution is 2.55. The van der Waals surface area contributed by atoms with Gasteiger partial charge in [-0.3, -0.25) is 0 Å². The lowest BCUT2D eigenvalue weighted by Gasteiger charge is -2.43. The third-order valence-electron chi connectivity index (χ3n) is 9.20. The number of allylic oxidation sites excluding steroid dienone is 4. The number of hydrogen-bond donors (Lipinski definition) is 1. The van der Waals surface area contributed by atoms with Gasteiger partial charge in [-0.2, -0.15) is 0 Å². The summed E-state index contributed by atoms with van der Waals surface area (Å²) in [5.74, 6) is -0.148. The number of nitrogens with zero attached hydrogens (tertiary/aromatic N) is 2. The van der Waals surface area contributed by atoms with Gasteiger partial charge in [-0.25, -0.2) is 9.37 Å². The predicted octanol–water partition coefficient (Wildman–Crippen LogP) is 8.44. The molecule has 0 fully saturated rings. The van der Waals surface area contributed by atoms with Gasteiger partial charge in [0.2, 0.25) is 0 Å². The minimum absolute atomic E-state index is 0.0540. The summed E-state index contributed by atoms with van der Waals surface area (Å²) in [6.45, 7) is 24.7. The number of nitrogens with one attached hydrogen (secondary N) is 1. The number of aryl methyl sites for hydroxylation is 1. The molecule has 196 valence electrons. The molecule has 1 aromatic heterocycles. The van der Waals surface area contributed by atoms with Crippen molar-refractivity contribution in [1.82, 2.24) is 15.2 Å². The van der Waals surface area contributed by atoms with Gasteiger partial charge in [0.25, 0.3) is 0 Å². The second kappa shape index (κ2) is 9.23. The third-order valence-corrected chi connectivity index (χ3v) is 9.20. The lowest BCUT2D eigenvalue weighted by atomic mass is 9.65. The lowest BCUT2D eigenvalue weighted by Crippen LogP contribution is -2.32. The summed E-state index contributed by atoms with van der Waals surface area (Å²) < 4.78 is 15.0. The molecular weight excluding hydrogens is 457 g/mol. The number of fused-ring (bicyclic) bond motifs is 4. The van der Waals surface area contributed by atoms with Crippen LogP contribution in [0.25, 0.3) is 16.6 Å². The standard InChI is InChI=1S/C31H36FN3.C2H6/c1-8-31(7)17(4)9-10-21-19(6)35-15-22-29-25(33-16(2)3)12-11-20-18(5)24(32)14-26(28(20)29)34-30(22)27(35)13-23(21)31;1-2/h13-14,16,25,33H,4,6,8-12,15H2,1-3,5,7H3;1-2H3/t25-,31-;/m0./s1. The van der Waals surface area contributed by atoms with E-state index in [9.17, 15) is 0 Å². The van der Waals surface area contributed by atoms with Crippen LogP contribution in [-0.4, -0.2) is 15.9 Å². The van der Waals surface area contributed by atoms with Crippen molar-refractivity contribution in [2.45, 2.75) is 99.2 Å². The van der Waals surface area contributed by atoms with Crippen LogP contribution in [0.5, 0.6) is 0 Å². The van der Waals surface area contributed by atoms with Crippen LogP contribution in [0.2, 0.25) is 0 Å². The number of aromatic nitrogens is 1. The van der Waals surface area contributed by atoms with E-state index in [2.05, 4.69) is 57.1 Å². The van der Waals surface area contributed by atoms with Gasteiger partial charge in [-0.15, -0.1) is 0 Å². The number of halogens is 1. The zero-order valence-corrected chi connectivity index (χ0v) is 23.7. The molecule has 0 spiro atoms. The van der Waals surface area contributed by atoms with Gasteiger partial charge in [0.1, 0.15) is 5.82 Å². The number of hydrogen-bond acceptors (Lipinski definition) is 3. The minimum atomic E-state index is -0.148. The molecule has 1 N–H and O–H groups in total.